The van der Waals surface area contributed by atoms with Gasteiger partial charge in [0.1, 0.15) is 0 Å². The maximum atomic E-state index is 11.9. The molecule has 0 aliphatic carbocycles. The van der Waals surface area contributed by atoms with Crippen LogP contribution in [0.15, 0.2) is 41.0 Å². The Morgan fingerprint density at radius 2 is 1.87 bits per heavy atom. The van der Waals surface area contributed by atoms with Crippen LogP contribution in [0.3, 0.4) is 0 Å². The van der Waals surface area contributed by atoms with Crippen molar-refractivity contribution in [3.8, 4) is 0 Å². The van der Waals surface area contributed by atoms with Crippen LogP contribution in [0.1, 0.15) is 15.9 Å². The predicted molar refractivity (Wildman–Crippen MR) is 58.0 cm³/mol. The number of hydrogen-bond acceptors (Lipinski definition) is 3. The number of carbonyl (C=O) groups is 1. The fourth-order valence-electron chi connectivity index (χ4n) is 1.25. The summed E-state index contributed by atoms with van der Waals surface area (Å²) in [6, 6.07) is 8.19. The Morgan fingerprint density at radius 1 is 1.20 bits per heavy atom. The van der Waals surface area contributed by atoms with E-state index in [-0.39, 0.29) is 11.0 Å². The highest BCUT2D eigenvalue weighted by molar-refractivity contribution is 6.33. The largest absolute Gasteiger partial charge is 0.452 e. The van der Waals surface area contributed by atoms with Crippen molar-refractivity contribution < 1.29 is 9.21 Å². The average molecular weight is 222 g/mol. The van der Waals surface area contributed by atoms with Gasteiger partial charge in [-0.3, -0.25) is 4.79 Å². The van der Waals surface area contributed by atoms with Gasteiger partial charge in [0.15, 0.2) is 5.78 Å². The number of ketones is 1. The maximum Gasteiger partial charge on any atom is 0.204 e. The third kappa shape index (κ3) is 1.87. The van der Waals surface area contributed by atoms with Crippen LogP contribution in [-0.2, 0) is 0 Å². The molecular weight excluding hydrogens is 214 g/mol. The highest BCUT2D eigenvalue weighted by atomic mass is 35.5. The van der Waals surface area contributed by atoms with Crippen molar-refractivity contribution in [2.45, 2.75) is 0 Å². The first-order valence-electron chi connectivity index (χ1n) is 4.31. The molecule has 0 spiro atoms. The van der Waals surface area contributed by atoms with Gasteiger partial charge in [-0.2, -0.15) is 0 Å². The highest BCUT2D eigenvalue weighted by Crippen LogP contribution is 2.20. The molecule has 0 aliphatic rings. The minimum Gasteiger partial charge on any atom is -0.452 e. The molecule has 0 amide bonds. The average Bonchev–Trinajstić information content (AvgIpc) is 2.65. The van der Waals surface area contributed by atoms with Gasteiger partial charge in [0.05, 0.1) is 11.8 Å². The SMILES string of the molecule is Nc1ccc(C(=O)c2ccoc2Cl)cc1. The Bertz CT molecular complexity index is 488. The summed E-state index contributed by atoms with van der Waals surface area (Å²) in [5, 5.41) is 0.108. The molecule has 0 unspecified atom stereocenters. The summed E-state index contributed by atoms with van der Waals surface area (Å²) in [5.41, 5.74) is 7.03. The second-order valence-corrected chi connectivity index (χ2v) is 3.40. The van der Waals surface area contributed by atoms with E-state index in [9.17, 15) is 4.79 Å². The van der Waals surface area contributed by atoms with E-state index in [1.54, 1.807) is 30.3 Å². The standard InChI is InChI=1S/C11H8ClNO2/c12-11-9(5-6-15-11)10(14)7-1-3-8(13)4-2-7/h1-6H,13H2. The highest BCUT2D eigenvalue weighted by Gasteiger charge is 2.14. The van der Waals surface area contributed by atoms with Crippen LogP contribution in [0, 0.1) is 0 Å². The Hall–Kier alpha value is -1.74. The van der Waals surface area contributed by atoms with Crippen LogP contribution in [0.2, 0.25) is 5.22 Å². The van der Waals surface area contributed by atoms with E-state index in [0.717, 1.165) is 0 Å². The Kier molecular flexibility index (Phi) is 2.47. The molecule has 1 heterocycles. The second-order valence-electron chi connectivity index (χ2n) is 3.06. The summed E-state index contributed by atoms with van der Waals surface area (Å²) in [6.45, 7) is 0. The number of halogens is 1. The van der Waals surface area contributed by atoms with Gasteiger partial charge in [-0.25, -0.2) is 0 Å². The Balaban J connectivity index is 2.37. The molecule has 76 valence electrons. The lowest BCUT2D eigenvalue weighted by Gasteiger charge is -1.99. The molecule has 0 bridgehead atoms. The van der Waals surface area contributed by atoms with Crippen molar-refractivity contribution in [3.63, 3.8) is 0 Å². The molecule has 15 heavy (non-hydrogen) atoms. The van der Waals surface area contributed by atoms with Crippen molar-refractivity contribution in [2.75, 3.05) is 5.73 Å². The number of nitrogen functional groups attached to an aromatic ring is 1. The first-order chi connectivity index (χ1) is 7.18. The third-order valence-electron chi connectivity index (χ3n) is 2.04. The van der Waals surface area contributed by atoms with E-state index < -0.39 is 0 Å². The van der Waals surface area contributed by atoms with Crippen molar-refractivity contribution >= 4 is 23.1 Å². The van der Waals surface area contributed by atoms with E-state index in [0.29, 0.717) is 16.8 Å². The molecule has 1 aromatic heterocycles. The predicted octanol–water partition coefficient (Wildman–Crippen LogP) is 2.75. The molecule has 0 fully saturated rings. The minimum atomic E-state index is -0.172. The Labute approximate surface area is 91.5 Å². The smallest absolute Gasteiger partial charge is 0.204 e. The summed E-state index contributed by atoms with van der Waals surface area (Å²) in [5.74, 6) is -0.172. The zero-order valence-corrected chi connectivity index (χ0v) is 8.49. The third-order valence-corrected chi connectivity index (χ3v) is 2.33. The lowest BCUT2D eigenvalue weighted by Crippen LogP contribution is -2.00. The van der Waals surface area contributed by atoms with Crippen molar-refractivity contribution in [3.05, 3.63) is 52.9 Å². The number of benzene rings is 1. The first-order valence-corrected chi connectivity index (χ1v) is 4.69. The quantitative estimate of drug-likeness (QED) is 0.627. The number of carbonyl (C=O) groups excluding carboxylic acids is 1. The Morgan fingerprint density at radius 3 is 2.40 bits per heavy atom. The summed E-state index contributed by atoms with van der Waals surface area (Å²) >= 11 is 5.70. The van der Waals surface area contributed by atoms with Crippen LogP contribution >= 0.6 is 11.6 Å². The molecule has 0 saturated carbocycles. The van der Waals surface area contributed by atoms with Gasteiger partial charge in [0.2, 0.25) is 5.22 Å². The zero-order valence-electron chi connectivity index (χ0n) is 7.74. The molecule has 4 heteroatoms. The summed E-state index contributed by atoms with van der Waals surface area (Å²) in [4.78, 5) is 11.9. The van der Waals surface area contributed by atoms with Crippen LogP contribution in [0.4, 0.5) is 5.69 Å². The second kappa shape index (κ2) is 3.79. The minimum absolute atomic E-state index is 0.108. The van der Waals surface area contributed by atoms with Gasteiger partial charge in [0.25, 0.3) is 0 Å². The van der Waals surface area contributed by atoms with Crippen LogP contribution < -0.4 is 5.73 Å². The maximum absolute atomic E-state index is 11.9. The molecule has 2 rings (SSSR count). The molecule has 2 aromatic rings. The lowest BCUT2D eigenvalue weighted by atomic mass is 10.1. The van der Waals surface area contributed by atoms with Gasteiger partial charge in [-0.05, 0) is 41.9 Å². The van der Waals surface area contributed by atoms with Crippen LogP contribution in [0.5, 0.6) is 0 Å². The number of rotatable bonds is 2. The molecule has 0 radical (unpaired) electrons. The summed E-state index contributed by atoms with van der Waals surface area (Å²) in [6.07, 6.45) is 1.38. The lowest BCUT2D eigenvalue weighted by molar-refractivity contribution is 0.103. The van der Waals surface area contributed by atoms with Gasteiger partial charge in [-0.15, -0.1) is 0 Å². The summed E-state index contributed by atoms with van der Waals surface area (Å²) < 4.78 is 4.85. The number of nitrogens with two attached hydrogens (primary N) is 1. The first kappa shape index (κ1) is 9.80. The number of anilines is 1. The van der Waals surface area contributed by atoms with Crippen LogP contribution in [-0.4, -0.2) is 5.78 Å². The van der Waals surface area contributed by atoms with Crippen molar-refractivity contribution in [1.29, 1.82) is 0 Å². The topological polar surface area (TPSA) is 56.2 Å². The molecule has 1 aromatic carbocycles. The molecule has 0 aliphatic heterocycles. The van der Waals surface area contributed by atoms with Gasteiger partial charge < -0.3 is 10.2 Å². The van der Waals surface area contributed by atoms with Gasteiger partial charge >= 0.3 is 0 Å². The van der Waals surface area contributed by atoms with Gasteiger partial charge in [-0.1, -0.05) is 0 Å². The molecule has 2 N–H and O–H groups in total. The molecule has 0 atom stereocenters. The molecule has 0 saturated heterocycles. The van der Waals surface area contributed by atoms with Gasteiger partial charge in [0, 0.05) is 11.3 Å². The summed E-state index contributed by atoms with van der Waals surface area (Å²) in [7, 11) is 0. The zero-order chi connectivity index (χ0) is 10.8. The number of hydrogen-bond donors (Lipinski definition) is 1. The number of furan rings is 1. The van der Waals surface area contributed by atoms with Crippen molar-refractivity contribution in [2.24, 2.45) is 0 Å². The van der Waals surface area contributed by atoms with Crippen molar-refractivity contribution in [1.82, 2.24) is 0 Å². The normalized spacial score (nSPS) is 10.2. The fraction of sp³-hybridized carbons (Fsp3) is 0. The van der Waals surface area contributed by atoms with E-state index in [4.69, 9.17) is 21.8 Å². The van der Waals surface area contributed by atoms with E-state index in [1.807, 2.05) is 0 Å². The van der Waals surface area contributed by atoms with E-state index in [1.165, 1.54) is 6.26 Å². The monoisotopic (exact) mass is 221 g/mol. The van der Waals surface area contributed by atoms with E-state index in [2.05, 4.69) is 0 Å². The molecule has 3 nitrogen and oxygen atoms in total. The fourth-order valence-corrected chi connectivity index (χ4v) is 1.45. The van der Waals surface area contributed by atoms with E-state index >= 15 is 0 Å². The van der Waals surface area contributed by atoms with Crippen LogP contribution in [0.25, 0.3) is 0 Å². The molecular formula is C11H8ClNO2.